The van der Waals surface area contributed by atoms with Crippen molar-refractivity contribution in [1.82, 2.24) is 0 Å². The number of halogens is 2. The highest BCUT2D eigenvalue weighted by atomic mass is 79.9. The lowest BCUT2D eigenvalue weighted by molar-refractivity contribution is -0.114. The molecular weight excluding hydrogens is 328 g/mol. The summed E-state index contributed by atoms with van der Waals surface area (Å²) in [6.07, 6.45) is 0. The molecule has 0 saturated heterocycles. The molecule has 3 nitrogen and oxygen atoms in total. The van der Waals surface area contributed by atoms with Crippen LogP contribution in [0, 0.1) is 0 Å². The average Bonchev–Trinajstić information content (AvgIpc) is 2.41. The Hall–Kier alpha value is -1.52. The summed E-state index contributed by atoms with van der Waals surface area (Å²) in [4.78, 5) is 11.8. The molecule has 0 heterocycles. The smallest absolute Gasteiger partial charge is 0.243 e. The van der Waals surface area contributed by atoms with E-state index in [0.717, 1.165) is 10.2 Å². The molecule has 0 fully saturated rings. The number of rotatable bonds is 4. The molecule has 5 heteroatoms. The van der Waals surface area contributed by atoms with Crippen LogP contribution in [0.5, 0.6) is 0 Å². The van der Waals surface area contributed by atoms with E-state index in [0.29, 0.717) is 10.7 Å². The number of hydrogen-bond donors (Lipinski definition) is 2. The highest BCUT2D eigenvalue weighted by Crippen LogP contribution is 2.25. The summed E-state index contributed by atoms with van der Waals surface area (Å²) in [5, 5.41) is 6.29. The van der Waals surface area contributed by atoms with Crippen molar-refractivity contribution in [2.75, 3.05) is 17.2 Å². The number of para-hydroxylation sites is 1. The summed E-state index contributed by atoms with van der Waals surface area (Å²) in [6, 6.07) is 14.9. The zero-order chi connectivity index (χ0) is 13.7. The Morgan fingerprint density at radius 3 is 2.58 bits per heavy atom. The maximum absolute atomic E-state index is 11.8. The maximum Gasteiger partial charge on any atom is 0.243 e. The fourth-order valence-corrected chi connectivity index (χ4v) is 2.24. The van der Waals surface area contributed by atoms with E-state index in [1.165, 1.54) is 0 Å². The van der Waals surface area contributed by atoms with Crippen LogP contribution in [0.4, 0.5) is 11.4 Å². The lowest BCUT2D eigenvalue weighted by atomic mass is 10.3. The molecule has 2 rings (SSSR count). The Labute approximate surface area is 125 Å². The molecule has 0 spiro atoms. The van der Waals surface area contributed by atoms with E-state index >= 15 is 0 Å². The quantitative estimate of drug-likeness (QED) is 0.878. The zero-order valence-electron chi connectivity index (χ0n) is 9.99. The van der Waals surface area contributed by atoms with Crippen molar-refractivity contribution in [3.8, 4) is 0 Å². The molecule has 2 aromatic carbocycles. The molecule has 0 aliphatic heterocycles. The first-order chi connectivity index (χ1) is 9.15. The summed E-state index contributed by atoms with van der Waals surface area (Å²) < 4.78 is 0.873. The first-order valence-electron chi connectivity index (χ1n) is 5.69. The minimum Gasteiger partial charge on any atom is -0.376 e. The second-order valence-electron chi connectivity index (χ2n) is 3.89. The monoisotopic (exact) mass is 338 g/mol. The van der Waals surface area contributed by atoms with Crippen molar-refractivity contribution >= 4 is 44.8 Å². The van der Waals surface area contributed by atoms with E-state index in [2.05, 4.69) is 26.6 Å². The summed E-state index contributed by atoms with van der Waals surface area (Å²) in [6.45, 7) is 0.191. The van der Waals surface area contributed by atoms with E-state index in [4.69, 9.17) is 11.6 Å². The molecule has 98 valence electrons. The summed E-state index contributed by atoms with van der Waals surface area (Å²) >= 11 is 9.34. The van der Waals surface area contributed by atoms with Gasteiger partial charge in [0, 0.05) is 10.2 Å². The van der Waals surface area contributed by atoms with Crippen molar-refractivity contribution in [1.29, 1.82) is 0 Å². The van der Waals surface area contributed by atoms with E-state index < -0.39 is 0 Å². The van der Waals surface area contributed by atoms with Gasteiger partial charge in [0.05, 0.1) is 17.3 Å². The predicted molar refractivity (Wildman–Crippen MR) is 82.7 cm³/mol. The molecule has 0 bridgehead atoms. The molecule has 0 unspecified atom stereocenters. The van der Waals surface area contributed by atoms with Gasteiger partial charge in [-0.05, 0) is 30.3 Å². The van der Waals surface area contributed by atoms with Gasteiger partial charge < -0.3 is 10.6 Å². The summed E-state index contributed by atoms with van der Waals surface area (Å²) in [7, 11) is 0. The van der Waals surface area contributed by atoms with Crippen LogP contribution in [0.3, 0.4) is 0 Å². The molecule has 0 radical (unpaired) electrons. The molecule has 0 aromatic heterocycles. The third-order valence-electron chi connectivity index (χ3n) is 2.43. The van der Waals surface area contributed by atoms with Crippen LogP contribution in [-0.4, -0.2) is 12.5 Å². The van der Waals surface area contributed by atoms with Crippen molar-refractivity contribution < 1.29 is 4.79 Å². The third-order valence-corrected chi connectivity index (χ3v) is 3.24. The van der Waals surface area contributed by atoms with Gasteiger partial charge in [0.2, 0.25) is 5.91 Å². The molecule has 0 saturated carbocycles. The van der Waals surface area contributed by atoms with Gasteiger partial charge in [0.15, 0.2) is 0 Å². The highest BCUT2D eigenvalue weighted by Gasteiger charge is 2.05. The van der Waals surface area contributed by atoms with Crippen LogP contribution >= 0.6 is 27.5 Å². The van der Waals surface area contributed by atoms with Crippen LogP contribution < -0.4 is 10.6 Å². The lowest BCUT2D eigenvalue weighted by Crippen LogP contribution is -2.21. The van der Waals surface area contributed by atoms with E-state index in [1.54, 1.807) is 12.1 Å². The molecule has 0 atom stereocenters. The Bertz CT molecular complexity index is 575. The fraction of sp³-hybridized carbons (Fsp3) is 0.0714. The minimum absolute atomic E-state index is 0.145. The van der Waals surface area contributed by atoms with Crippen molar-refractivity contribution in [3.63, 3.8) is 0 Å². The molecule has 0 aliphatic carbocycles. The van der Waals surface area contributed by atoms with E-state index in [1.807, 2.05) is 36.4 Å². The fourth-order valence-electron chi connectivity index (χ4n) is 1.52. The van der Waals surface area contributed by atoms with Gasteiger partial charge in [0.1, 0.15) is 0 Å². The molecular formula is C14H12BrClN2O. The normalized spacial score (nSPS) is 10.0. The van der Waals surface area contributed by atoms with Gasteiger partial charge in [-0.1, -0.05) is 45.7 Å². The van der Waals surface area contributed by atoms with Crippen LogP contribution in [0.15, 0.2) is 53.0 Å². The van der Waals surface area contributed by atoms with Crippen LogP contribution in [0.25, 0.3) is 0 Å². The zero-order valence-corrected chi connectivity index (χ0v) is 12.3. The third kappa shape index (κ3) is 4.26. The Morgan fingerprint density at radius 1 is 1.16 bits per heavy atom. The van der Waals surface area contributed by atoms with Gasteiger partial charge >= 0.3 is 0 Å². The van der Waals surface area contributed by atoms with E-state index in [9.17, 15) is 4.79 Å². The Morgan fingerprint density at radius 2 is 1.89 bits per heavy atom. The molecule has 2 aromatic rings. The van der Waals surface area contributed by atoms with Crippen molar-refractivity contribution in [2.45, 2.75) is 0 Å². The van der Waals surface area contributed by atoms with Gasteiger partial charge in [0.25, 0.3) is 0 Å². The first-order valence-corrected chi connectivity index (χ1v) is 6.86. The number of carbonyl (C=O) groups excluding carboxylic acids is 1. The molecule has 1 amide bonds. The SMILES string of the molecule is O=C(CNc1ccccc1)Nc1ccc(Br)cc1Cl. The number of hydrogen-bond acceptors (Lipinski definition) is 2. The van der Waals surface area contributed by atoms with Gasteiger partial charge in [-0.3, -0.25) is 4.79 Å². The van der Waals surface area contributed by atoms with Crippen LogP contribution in [0.1, 0.15) is 0 Å². The maximum atomic E-state index is 11.8. The van der Waals surface area contributed by atoms with Crippen molar-refractivity contribution in [2.24, 2.45) is 0 Å². The topological polar surface area (TPSA) is 41.1 Å². The summed E-state index contributed by atoms with van der Waals surface area (Å²) in [5.41, 5.74) is 1.50. The van der Waals surface area contributed by atoms with Gasteiger partial charge in [-0.2, -0.15) is 0 Å². The number of benzene rings is 2. The minimum atomic E-state index is -0.145. The highest BCUT2D eigenvalue weighted by molar-refractivity contribution is 9.10. The van der Waals surface area contributed by atoms with Gasteiger partial charge in [-0.15, -0.1) is 0 Å². The average molecular weight is 340 g/mol. The number of amides is 1. The Kier molecular flexibility index (Phi) is 4.82. The summed E-state index contributed by atoms with van der Waals surface area (Å²) in [5.74, 6) is -0.145. The largest absolute Gasteiger partial charge is 0.376 e. The van der Waals surface area contributed by atoms with Crippen LogP contribution in [0.2, 0.25) is 5.02 Å². The molecule has 0 aliphatic rings. The first kappa shape index (κ1) is 13.9. The number of carbonyl (C=O) groups is 1. The standard InChI is InChI=1S/C14H12BrClN2O/c15-10-6-7-13(12(16)8-10)18-14(19)9-17-11-4-2-1-3-5-11/h1-8,17H,9H2,(H,18,19). The second-order valence-corrected chi connectivity index (χ2v) is 5.21. The molecule has 2 N–H and O–H groups in total. The number of nitrogens with one attached hydrogen (secondary N) is 2. The lowest BCUT2D eigenvalue weighted by Gasteiger charge is -2.09. The van der Waals surface area contributed by atoms with Gasteiger partial charge in [-0.25, -0.2) is 0 Å². The Balaban J connectivity index is 1.91. The van der Waals surface area contributed by atoms with Crippen LogP contribution in [-0.2, 0) is 4.79 Å². The van der Waals surface area contributed by atoms with Crippen molar-refractivity contribution in [3.05, 3.63) is 58.0 Å². The molecule has 19 heavy (non-hydrogen) atoms. The number of anilines is 2. The second kappa shape index (κ2) is 6.59. The predicted octanol–water partition coefficient (Wildman–Crippen LogP) is 4.15. The van der Waals surface area contributed by atoms with E-state index in [-0.39, 0.29) is 12.5 Å².